The first-order chi connectivity index (χ1) is 13.4. The minimum Gasteiger partial charge on any atom is -0.481 e. The van der Waals surface area contributed by atoms with Gasteiger partial charge in [-0.25, -0.2) is 0 Å². The minimum atomic E-state index is -4.38. The van der Waals surface area contributed by atoms with E-state index in [2.05, 4.69) is 5.32 Å². The second-order valence-electron chi connectivity index (χ2n) is 6.89. The predicted octanol–water partition coefficient (Wildman–Crippen LogP) is 2.00. The van der Waals surface area contributed by atoms with Crippen molar-refractivity contribution in [1.29, 1.82) is 0 Å². The van der Waals surface area contributed by atoms with E-state index in [1.807, 2.05) is 0 Å². The number of alkyl halides is 3. The van der Waals surface area contributed by atoms with Gasteiger partial charge >= 0.3 is 6.18 Å². The third-order valence-electron chi connectivity index (χ3n) is 4.35. The molecule has 2 rings (SSSR count). The number of carbonyl (C=O) groups excluding carboxylic acids is 2. The van der Waals surface area contributed by atoms with Crippen LogP contribution in [0.3, 0.4) is 0 Å². The van der Waals surface area contributed by atoms with Crippen LogP contribution in [0.25, 0.3) is 0 Å². The van der Waals surface area contributed by atoms with Crippen LogP contribution in [0.15, 0.2) is 24.3 Å². The highest BCUT2D eigenvalue weighted by molar-refractivity contribution is 5.80. The van der Waals surface area contributed by atoms with E-state index in [1.54, 1.807) is 4.90 Å². The lowest BCUT2D eigenvalue weighted by molar-refractivity contribution is -0.138. The number of nitrogens with zero attached hydrogens (tertiary/aromatic N) is 1. The SMILES string of the molecule is CC(=O)N1C[C@@H](N)CC[C@@H](C(=O)NCc2ccc(C(F)(F)F)cc2)C1.CC(=O)O. The van der Waals surface area contributed by atoms with E-state index >= 15 is 0 Å². The summed E-state index contributed by atoms with van der Waals surface area (Å²) in [6.45, 7) is 3.40. The van der Waals surface area contributed by atoms with Crippen molar-refractivity contribution in [2.75, 3.05) is 13.1 Å². The number of amides is 2. The van der Waals surface area contributed by atoms with Gasteiger partial charge in [-0.2, -0.15) is 13.2 Å². The van der Waals surface area contributed by atoms with E-state index < -0.39 is 17.7 Å². The molecule has 0 saturated carbocycles. The Morgan fingerprint density at radius 2 is 1.69 bits per heavy atom. The standard InChI is InChI=1S/C17H22F3N3O2.C2H4O2/c1-11(24)23-9-13(4-7-15(21)10-23)16(25)22-8-12-2-5-14(6-3-12)17(18,19)20;1-2(3)4/h2-3,5-6,13,15H,4,7-10,21H2,1H3,(H,22,25);1H3,(H,3,4)/t13-,15+;/m1./s1. The summed E-state index contributed by atoms with van der Waals surface area (Å²) < 4.78 is 37.6. The third-order valence-corrected chi connectivity index (χ3v) is 4.35. The maximum Gasteiger partial charge on any atom is 0.416 e. The van der Waals surface area contributed by atoms with E-state index in [1.165, 1.54) is 19.1 Å². The first-order valence-corrected chi connectivity index (χ1v) is 9.04. The highest BCUT2D eigenvalue weighted by atomic mass is 19.4. The number of nitrogens with one attached hydrogen (secondary N) is 1. The highest BCUT2D eigenvalue weighted by Gasteiger charge is 2.30. The van der Waals surface area contributed by atoms with Gasteiger partial charge in [0.25, 0.3) is 5.97 Å². The van der Waals surface area contributed by atoms with Crippen LogP contribution in [0.1, 0.15) is 37.8 Å². The normalized spacial score (nSPS) is 19.4. The number of benzene rings is 1. The summed E-state index contributed by atoms with van der Waals surface area (Å²) in [5.74, 6) is -1.55. The fourth-order valence-corrected chi connectivity index (χ4v) is 2.84. The second-order valence-corrected chi connectivity index (χ2v) is 6.89. The summed E-state index contributed by atoms with van der Waals surface area (Å²) in [6.07, 6.45) is -3.16. The molecular weight excluding hydrogens is 391 g/mol. The molecule has 1 aliphatic heterocycles. The molecule has 1 heterocycles. The van der Waals surface area contributed by atoms with Crippen molar-refractivity contribution >= 4 is 17.8 Å². The second kappa shape index (κ2) is 10.8. The molecule has 4 N–H and O–H groups in total. The topological polar surface area (TPSA) is 113 Å². The summed E-state index contributed by atoms with van der Waals surface area (Å²) >= 11 is 0. The maximum atomic E-state index is 12.5. The average Bonchev–Trinajstić information content (AvgIpc) is 2.81. The lowest BCUT2D eigenvalue weighted by Gasteiger charge is -2.23. The number of carbonyl (C=O) groups is 3. The minimum absolute atomic E-state index is 0.127. The van der Waals surface area contributed by atoms with Gasteiger partial charge in [0.15, 0.2) is 0 Å². The molecule has 1 aromatic rings. The van der Waals surface area contributed by atoms with Crippen molar-refractivity contribution in [2.45, 2.75) is 45.5 Å². The number of carboxylic acid groups (broad SMARTS) is 1. The van der Waals surface area contributed by atoms with Crippen molar-refractivity contribution in [2.24, 2.45) is 11.7 Å². The van der Waals surface area contributed by atoms with Crippen molar-refractivity contribution in [3.8, 4) is 0 Å². The van der Waals surface area contributed by atoms with Gasteiger partial charge in [0.2, 0.25) is 11.8 Å². The molecule has 10 heteroatoms. The zero-order valence-corrected chi connectivity index (χ0v) is 16.3. The van der Waals surface area contributed by atoms with E-state index in [4.69, 9.17) is 15.6 Å². The van der Waals surface area contributed by atoms with E-state index in [0.29, 0.717) is 31.5 Å². The molecule has 7 nitrogen and oxygen atoms in total. The summed E-state index contributed by atoms with van der Waals surface area (Å²) in [6, 6.07) is 4.51. The van der Waals surface area contributed by atoms with E-state index in [9.17, 15) is 22.8 Å². The fourth-order valence-electron chi connectivity index (χ4n) is 2.84. The number of carboxylic acids is 1. The van der Waals surface area contributed by atoms with Gasteiger partial charge in [-0.05, 0) is 30.5 Å². The Morgan fingerprint density at radius 1 is 1.14 bits per heavy atom. The first kappa shape index (κ1) is 24.4. The van der Waals surface area contributed by atoms with Crippen LogP contribution in [0.5, 0.6) is 0 Å². The molecule has 0 unspecified atom stereocenters. The van der Waals surface area contributed by atoms with Crippen LogP contribution in [0.2, 0.25) is 0 Å². The Labute approximate surface area is 167 Å². The van der Waals surface area contributed by atoms with Gasteiger partial charge in [0.1, 0.15) is 0 Å². The van der Waals surface area contributed by atoms with Crippen molar-refractivity contribution < 1.29 is 32.7 Å². The van der Waals surface area contributed by atoms with E-state index in [0.717, 1.165) is 19.1 Å². The highest BCUT2D eigenvalue weighted by Crippen LogP contribution is 2.29. The Balaban J connectivity index is 0.000000960. The van der Waals surface area contributed by atoms with Gasteiger partial charge in [-0.3, -0.25) is 14.4 Å². The number of hydrogen-bond acceptors (Lipinski definition) is 4. The summed E-state index contributed by atoms with van der Waals surface area (Å²) in [5, 5.41) is 10.1. The van der Waals surface area contributed by atoms with Crippen LogP contribution < -0.4 is 11.1 Å². The van der Waals surface area contributed by atoms with Gasteiger partial charge in [0.05, 0.1) is 11.5 Å². The van der Waals surface area contributed by atoms with Gasteiger partial charge < -0.3 is 21.1 Å². The smallest absolute Gasteiger partial charge is 0.416 e. The molecule has 0 radical (unpaired) electrons. The number of nitrogens with two attached hydrogens (primary N) is 1. The molecule has 2 atom stereocenters. The molecule has 0 spiro atoms. The summed E-state index contributed by atoms with van der Waals surface area (Å²) in [7, 11) is 0. The average molecular weight is 417 g/mol. The number of halogens is 3. The van der Waals surface area contributed by atoms with E-state index in [-0.39, 0.29) is 30.3 Å². The molecule has 29 heavy (non-hydrogen) atoms. The molecular formula is C19H26F3N3O4. The first-order valence-electron chi connectivity index (χ1n) is 9.04. The number of rotatable bonds is 3. The largest absolute Gasteiger partial charge is 0.481 e. The number of hydrogen-bond donors (Lipinski definition) is 3. The lowest BCUT2D eigenvalue weighted by Crippen LogP contribution is -2.42. The van der Waals surface area contributed by atoms with Crippen LogP contribution in [0, 0.1) is 5.92 Å². The Morgan fingerprint density at radius 3 is 2.17 bits per heavy atom. The number of aliphatic carboxylic acids is 1. The fraction of sp³-hybridized carbons (Fsp3) is 0.526. The van der Waals surface area contributed by atoms with Gasteiger partial charge in [-0.1, -0.05) is 12.1 Å². The van der Waals surface area contributed by atoms with Crippen LogP contribution in [-0.2, 0) is 27.1 Å². The van der Waals surface area contributed by atoms with Gasteiger partial charge in [0, 0.05) is 39.5 Å². The van der Waals surface area contributed by atoms with Crippen LogP contribution >= 0.6 is 0 Å². The Bertz CT molecular complexity index is 704. The van der Waals surface area contributed by atoms with Crippen LogP contribution in [0.4, 0.5) is 13.2 Å². The summed E-state index contributed by atoms with van der Waals surface area (Å²) in [5.41, 5.74) is 5.78. The van der Waals surface area contributed by atoms with Gasteiger partial charge in [-0.15, -0.1) is 0 Å². The van der Waals surface area contributed by atoms with Crippen molar-refractivity contribution in [3.63, 3.8) is 0 Å². The third kappa shape index (κ3) is 8.95. The van der Waals surface area contributed by atoms with Crippen LogP contribution in [-0.4, -0.2) is 46.9 Å². The molecule has 0 aromatic heterocycles. The van der Waals surface area contributed by atoms with Crippen molar-refractivity contribution in [1.82, 2.24) is 10.2 Å². The molecule has 0 aliphatic carbocycles. The molecule has 1 aromatic carbocycles. The maximum absolute atomic E-state index is 12.5. The monoisotopic (exact) mass is 417 g/mol. The summed E-state index contributed by atoms with van der Waals surface area (Å²) in [4.78, 5) is 34.5. The quantitative estimate of drug-likeness (QED) is 0.696. The van der Waals surface area contributed by atoms with Crippen molar-refractivity contribution in [3.05, 3.63) is 35.4 Å². The molecule has 1 aliphatic rings. The zero-order chi connectivity index (χ0) is 22.2. The lowest BCUT2D eigenvalue weighted by atomic mass is 10.0. The predicted molar refractivity (Wildman–Crippen MR) is 99.6 cm³/mol. The molecule has 162 valence electrons. The Kier molecular flexibility index (Phi) is 9.09. The molecule has 2 amide bonds. The zero-order valence-electron chi connectivity index (χ0n) is 16.3. The Hall–Kier alpha value is -2.62. The molecule has 1 fully saturated rings. The number of likely N-dealkylation sites (tertiary alicyclic amines) is 1. The molecule has 0 bridgehead atoms. The molecule has 1 saturated heterocycles.